The van der Waals surface area contributed by atoms with E-state index in [9.17, 15) is 9.59 Å². The second kappa shape index (κ2) is 7.70. The third-order valence-electron chi connectivity index (χ3n) is 3.91. The first-order chi connectivity index (χ1) is 12.2. The second-order valence-corrected chi connectivity index (χ2v) is 5.67. The SMILES string of the molecule is COc1ccc(CCN2CC(=O)OC2=O)cc1OCc1ccccc1. The van der Waals surface area contributed by atoms with Crippen LogP contribution in [0, 0.1) is 0 Å². The van der Waals surface area contributed by atoms with Gasteiger partial charge in [-0.3, -0.25) is 4.90 Å². The summed E-state index contributed by atoms with van der Waals surface area (Å²) in [5.74, 6) is 0.783. The summed E-state index contributed by atoms with van der Waals surface area (Å²) in [6, 6.07) is 15.5. The number of carbonyl (C=O) groups is 2. The van der Waals surface area contributed by atoms with Crippen LogP contribution in [0.25, 0.3) is 0 Å². The average Bonchev–Trinajstić information content (AvgIpc) is 2.96. The summed E-state index contributed by atoms with van der Waals surface area (Å²) in [5, 5.41) is 0. The minimum absolute atomic E-state index is 0.00630. The summed E-state index contributed by atoms with van der Waals surface area (Å²) >= 11 is 0. The zero-order valence-corrected chi connectivity index (χ0v) is 13.9. The van der Waals surface area contributed by atoms with E-state index in [1.807, 2.05) is 48.5 Å². The van der Waals surface area contributed by atoms with E-state index >= 15 is 0 Å². The number of benzene rings is 2. The molecule has 2 aromatic rings. The van der Waals surface area contributed by atoms with Gasteiger partial charge in [0.2, 0.25) is 0 Å². The molecule has 1 fully saturated rings. The van der Waals surface area contributed by atoms with Gasteiger partial charge in [-0.05, 0) is 29.7 Å². The molecule has 0 aromatic heterocycles. The molecule has 3 rings (SSSR count). The molecule has 1 saturated heterocycles. The monoisotopic (exact) mass is 341 g/mol. The number of nitrogens with zero attached hydrogens (tertiary/aromatic N) is 1. The number of hydrogen-bond acceptors (Lipinski definition) is 5. The van der Waals surface area contributed by atoms with Gasteiger partial charge in [-0.15, -0.1) is 0 Å². The van der Waals surface area contributed by atoms with Crippen LogP contribution in [0.2, 0.25) is 0 Å². The van der Waals surface area contributed by atoms with Gasteiger partial charge in [-0.1, -0.05) is 36.4 Å². The van der Waals surface area contributed by atoms with Gasteiger partial charge >= 0.3 is 12.1 Å². The molecular weight excluding hydrogens is 322 g/mol. The van der Waals surface area contributed by atoms with Crippen molar-refractivity contribution in [3.05, 3.63) is 59.7 Å². The van der Waals surface area contributed by atoms with Gasteiger partial charge in [0, 0.05) is 6.54 Å². The molecular formula is C19H19NO5. The van der Waals surface area contributed by atoms with Gasteiger partial charge in [0.05, 0.1) is 7.11 Å². The van der Waals surface area contributed by atoms with Crippen molar-refractivity contribution in [3.63, 3.8) is 0 Å². The fourth-order valence-corrected chi connectivity index (χ4v) is 2.57. The van der Waals surface area contributed by atoms with Crippen molar-refractivity contribution in [1.29, 1.82) is 0 Å². The Balaban J connectivity index is 1.65. The van der Waals surface area contributed by atoms with E-state index in [4.69, 9.17) is 9.47 Å². The highest BCUT2D eigenvalue weighted by Crippen LogP contribution is 2.29. The zero-order chi connectivity index (χ0) is 17.6. The van der Waals surface area contributed by atoms with E-state index in [1.165, 1.54) is 4.90 Å². The van der Waals surface area contributed by atoms with E-state index in [-0.39, 0.29) is 6.54 Å². The number of ether oxygens (including phenoxy) is 3. The molecule has 0 radical (unpaired) electrons. The summed E-state index contributed by atoms with van der Waals surface area (Å²) in [5.41, 5.74) is 2.05. The predicted molar refractivity (Wildman–Crippen MR) is 90.5 cm³/mol. The fraction of sp³-hybridized carbons (Fsp3) is 0.263. The molecule has 0 atom stereocenters. The van der Waals surface area contributed by atoms with Gasteiger partial charge in [-0.2, -0.15) is 0 Å². The first-order valence-corrected chi connectivity index (χ1v) is 7.99. The number of hydrogen-bond donors (Lipinski definition) is 0. The molecule has 1 amide bonds. The fourth-order valence-electron chi connectivity index (χ4n) is 2.57. The number of carbonyl (C=O) groups excluding carboxylic acids is 2. The summed E-state index contributed by atoms with van der Waals surface area (Å²) in [7, 11) is 1.59. The largest absolute Gasteiger partial charge is 0.493 e. The Morgan fingerprint density at radius 2 is 1.84 bits per heavy atom. The van der Waals surface area contributed by atoms with Crippen molar-refractivity contribution in [3.8, 4) is 11.5 Å². The summed E-state index contributed by atoms with van der Waals surface area (Å²) in [6.45, 7) is 0.856. The van der Waals surface area contributed by atoms with Gasteiger partial charge in [0.25, 0.3) is 0 Å². The lowest BCUT2D eigenvalue weighted by atomic mass is 10.1. The van der Waals surface area contributed by atoms with Crippen LogP contribution < -0.4 is 9.47 Å². The number of methoxy groups -OCH3 is 1. The Kier molecular flexibility index (Phi) is 5.18. The van der Waals surface area contributed by atoms with E-state index < -0.39 is 12.1 Å². The number of rotatable bonds is 7. The van der Waals surface area contributed by atoms with Crippen LogP contribution in [0.3, 0.4) is 0 Å². The summed E-state index contributed by atoms with van der Waals surface area (Å²) in [4.78, 5) is 24.0. The summed E-state index contributed by atoms with van der Waals surface area (Å²) < 4.78 is 15.7. The molecule has 2 aromatic carbocycles. The molecule has 25 heavy (non-hydrogen) atoms. The topological polar surface area (TPSA) is 65.1 Å². The molecule has 0 saturated carbocycles. The highest BCUT2D eigenvalue weighted by molar-refractivity contribution is 5.92. The first-order valence-electron chi connectivity index (χ1n) is 7.99. The number of amides is 1. The van der Waals surface area contributed by atoms with Crippen molar-refractivity contribution < 1.29 is 23.8 Å². The minimum Gasteiger partial charge on any atom is -0.493 e. The lowest BCUT2D eigenvalue weighted by molar-refractivity contribution is -0.132. The Morgan fingerprint density at radius 1 is 1.04 bits per heavy atom. The standard InChI is InChI=1S/C19H19NO5/c1-23-16-8-7-14(9-10-20-12-18(21)25-19(20)22)11-17(16)24-13-15-5-3-2-4-6-15/h2-8,11H,9-10,12-13H2,1H3. The molecule has 1 heterocycles. The molecule has 0 spiro atoms. The molecule has 0 N–H and O–H groups in total. The van der Waals surface area contributed by atoms with Crippen molar-refractivity contribution in [2.24, 2.45) is 0 Å². The van der Waals surface area contributed by atoms with Crippen LogP contribution in [0.5, 0.6) is 11.5 Å². The second-order valence-electron chi connectivity index (χ2n) is 5.67. The first kappa shape index (κ1) is 16.8. The molecule has 1 aliphatic rings. The van der Waals surface area contributed by atoms with Crippen molar-refractivity contribution in [1.82, 2.24) is 4.90 Å². The average molecular weight is 341 g/mol. The normalized spacial score (nSPS) is 13.7. The lowest BCUT2D eigenvalue weighted by Crippen LogP contribution is -2.26. The summed E-state index contributed by atoms with van der Waals surface area (Å²) in [6.07, 6.45) is 0.00714. The van der Waals surface area contributed by atoms with Crippen LogP contribution in [0.15, 0.2) is 48.5 Å². The van der Waals surface area contributed by atoms with Crippen LogP contribution >= 0.6 is 0 Å². The van der Waals surface area contributed by atoms with Crippen LogP contribution in [0.4, 0.5) is 4.79 Å². The number of esters is 1. The Bertz CT molecular complexity index is 760. The molecule has 6 nitrogen and oxygen atoms in total. The Hall–Kier alpha value is -3.02. The Labute approximate surface area is 145 Å². The molecule has 6 heteroatoms. The maximum atomic E-state index is 11.5. The predicted octanol–water partition coefficient (Wildman–Crippen LogP) is 2.80. The van der Waals surface area contributed by atoms with E-state index in [0.29, 0.717) is 31.1 Å². The lowest BCUT2D eigenvalue weighted by Gasteiger charge is -2.14. The third kappa shape index (κ3) is 4.29. The van der Waals surface area contributed by atoms with E-state index in [0.717, 1.165) is 11.1 Å². The third-order valence-corrected chi connectivity index (χ3v) is 3.91. The highest BCUT2D eigenvalue weighted by atomic mass is 16.6. The van der Waals surface area contributed by atoms with Crippen LogP contribution in [-0.2, 0) is 22.6 Å². The van der Waals surface area contributed by atoms with Gasteiger partial charge in [0.15, 0.2) is 11.5 Å². The van der Waals surface area contributed by atoms with Gasteiger partial charge in [0.1, 0.15) is 13.2 Å². The maximum Gasteiger partial charge on any atom is 0.418 e. The van der Waals surface area contributed by atoms with Gasteiger partial charge < -0.3 is 14.2 Å². The quantitative estimate of drug-likeness (QED) is 0.572. The smallest absolute Gasteiger partial charge is 0.418 e. The van der Waals surface area contributed by atoms with E-state index in [1.54, 1.807) is 7.11 Å². The molecule has 1 aliphatic heterocycles. The molecule has 0 unspecified atom stereocenters. The minimum atomic E-state index is -0.584. The van der Waals surface area contributed by atoms with Crippen LogP contribution in [-0.4, -0.2) is 37.2 Å². The van der Waals surface area contributed by atoms with E-state index in [2.05, 4.69) is 4.74 Å². The number of cyclic esters (lactones) is 2. The van der Waals surface area contributed by atoms with Crippen LogP contribution in [0.1, 0.15) is 11.1 Å². The maximum absolute atomic E-state index is 11.5. The van der Waals surface area contributed by atoms with Crippen molar-refractivity contribution in [2.45, 2.75) is 13.0 Å². The molecule has 0 aliphatic carbocycles. The highest BCUT2D eigenvalue weighted by Gasteiger charge is 2.29. The Morgan fingerprint density at radius 3 is 2.52 bits per heavy atom. The zero-order valence-electron chi connectivity index (χ0n) is 13.9. The van der Waals surface area contributed by atoms with Crippen molar-refractivity contribution >= 4 is 12.1 Å². The van der Waals surface area contributed by atoms with Gasteiger partial charge in [-0.25, -0.2) is 9.59 Å². The van der Waals surface area contributed by atoms with Crippen molar-refractivity contribution in [2.75, 3.05) is 20.2 Å². The molecule has 0 bridgehead atoms. The molecule has 130 valence electrons.